The summed E-state index contributed by atoms with van der Waals surface area (Å²) < 4.78 is 5.15. The van der Waals surface area contributed by atoms with Crippen molar-refractivity contribution < 1.29 is 14.4 Å². The van der Waals surface area contributed by atoms with Gasteiger partial charge in [-0.1, -0.05) is 12.1 Å². The molecule has 1 aromatic heterocycles. The van der Waals surface area contributed by atoms with Crippen LogP contribution in [0.4, 0.5) is 0 Å². The largest absolute Gasteiger partial charge is 0.391 e. The number of nitrogens with two attached hydrogens (primary N) is 1. The molecule has 0 unspecified atom stereocenters. The van der Waals surface area contributed by atoms with Gasteiger partial charge in [0.1, 0.15) is 0 Å². The summed E-state index contributed by atoms with van der Waals surface area (Å²) in [5.41, 5.74) is 5.80. The number of rotatable bonds is 6. The van der Waals surface area contributed by atoms with Gasteiger partial charge < -0.3 is 20.3 Å². The van der Waals surface area contributed by atoms with Crippen LogP contribution in [0, 0.1) is 5.92 Å². The minimum Gasteiger partial charge on any atom is -0.391 e. The van der Waals surface area contributed by atoms with Gasteiger partial charge in [-0.25, -0.2) is 0 Å². The molecule has 0 radical (unpaired) electrons. The fraction of sp³-hybridized carbons (Fsp3) is 0.800. The van der Waals surface area contributed by atoms with Gasteiger partial charge in [0.25, 0.3) is 0 Å². The third-order valence-electron chi connectivity index (χ3n) is 4.22. The first-order valence-electron chi connectivity index (χ1n) is 8.09. The summed E-state index contributed by atoms with van der Waals surface area (Å²) in [6, 6.07) is -0.215. The number of aliphatic hydroxyl groups excluding tert-OH is 1. The fourth-order valence-electron chi connectivity index (χ4n) is 2.84. The van der Waals surface area contributed by atoms with Crippen molar-refractivity contribution in [2.45, 2.75) is 64.6 Å². The summed E-state index contributed by atoms with van der Waals surface area (Å²) in [7, 11) is 0. The van der Waals surface area contributed by atoms with Gasteiger partial charge in [0.05, 0.1) is 12.6 Å². The standard InChI is InChI=1S/C15H26N4O3/c1-3-5-14-17-13(18-22-14)9-19(4-2)15(21)10-6-7-11(16)12(20)8-10/h10-12,20H,3-9,16H2,1-2H3/t10-,11+,12+/m0/s1. The van der Waals surface area contributed by atoms with Gasteiger partial charge in [-0.15, -0.1) is 0 Å². The molecule has 1 fully saturated rings. The van der Waals surface area contributed by atoms with Crippen LogP contribution >= 0.6 is 0 Å². The molecule has 1 heterocycles. The van der Waals surface area contributed by atoms with Crippen LogP contribution in [0.15, 0.2) is 4.52 Å². The van der Waals surface area contributed by atoms with Gasteiger partial charge in [-0.3, -0.25) is 4.79 Å². The molecule has 7 heteroatoms. The van der Waals surface area contributed by atoms with Crippen LogP contribution in [0.5, 0.6) is 0 Å². The SMILES string of the molecule is CCCc1nc(CN(CC)C(=O)[C@H]2CC[C@@H](N)[C@H](O)C2)no1. The van der Waals surface area contributed by atoms with Crippen LogP contribution in [-0.2, 0) is 17.8 Å². The Bertz CT molecular complexity index is 491. The molecule has 3 atom stereocenters. The Morgan fingerprint density at radius 2 is 2.23 bits per heavy atom. The molecule has 2 rings (SSSR count). The van der Waals surface area contributed by atoms with E-state index < -0.39 is 6.10 Å². The third kappa shape index (κ3) is 4.04. The second-order valence-electron chi connectivity index (χ2n) is 5.95. The van der Waals surface area contributed by atoms with E-state index in [4.69, 9.17) is 10.3 Å². The molecule has 0 spiro atoms. The number of aromatic nitrogens is 2. The zero-order valence-corrected chi connectivity index (χ0v) is 13.4. The topological polar surface area (TPSA) is 105 Å². The third-order valence-corrected chi connectivity index (χ3v) is 4.22. The maximum atomic E-state index is 12.6. The molecule has 1 aromatic rings. The quantitative estimate of drug-likeness (QED) is 0.807. The van der Waals surface area contributed by atoms with E-state index in [1.165, 1.54) is 0 Å². The highest BCUT2D eigenvalue weighted by molar-refractivity contribution is 5.79. The lowest BCUT2D eigenvalue weighted by Crippen LogP contribution is -2.45. The van der Waals surface area contributed by atoms with Gasteiger partial charge in [0.15, 0.2) is 5.82 Å². The number of carbonyl (C=O) groups is 1. The second-order valence-corrected chi connectivity index (χ2v) is 5.95. The van der Waals surface area contributed by atoms with E-state index in [2.05, 4.69) is 10.1 Å². The molecule has 1 amide bonds. The number of hydrogen-bond acceptors (Lipinski definition) is 6. The molecule has 1 saturated carbocycles. The lowest BCUT2D eigenvalue weighted by molar-refractivity contribution is -0.138. The Balaban J connectivity index is 1.96. The number of aliphatic hydroxyl groups is 1. The first-order valence-corrected chi connectivity index (χ1v) is 8.09. The maximum absolute atomic E-state index is 12.6. The number of carbonyl (C=O) groups excluding carboxylic acids is 1. The monoisotopic (exact) mass is 310 g/mol. The van der Waals surface area contributed by atoms with E-state index in [9.17, 15) is 9.90 Å². The lowest BCUT2D eigenvalue weighted by atomic mass is 9.83. The minimum atomic E-state index is -0.595. The first kappa shape index (κ1) is 16.9. The average Bonchev–Trinajstić information content (AvgIpc) is 2.94. The molecule has 0 aliphatic heterocycles. The first-order chi connectivity index (χ1) is 10.5. The Labute approximate surface area is 130 Å². The summed E-state index contributed by atoms with van der Waals surface area (Å²) in [5.74, 6) is 1.01. The second kappa shape index (κ2) is 7.69. The van der Waals surface area contributed by atoms with Gasteiger partial charge in [0.2, 0.25) is 11.8 Å². The molecule has 1 aliphatic rings. The van der Waals surface area contributed by atoms with E-state index in [0.29, 0.717) is 37.6 Å². The molecule has 7 nitrogen and oxygen atoms in total. The molecule has 0 aromatic carbocycles. The van der Waals surface area contributed by atoms with E-state index in [-0.39, 0.29) is 17.9 Å². The Morgan fingerprint density at radius 3 is 2.86 bits per heavy atom. The van der Waals surface area contributed by atoms with E-state index in [0.717, 1.165) is 19.3 Å². The summed E-state index contributed by atoms with van der Waals surface area (Å²) in [4.78, 5) is 18.6. The molecule has 3 N–H and O–H groups in total. The molecule has 124 valence electrons. The number of amides is 1. The van der Waals surface area contributed by atoms with Crippen LogP contribution < -0.4 is 5.73 Å². The Hall–Kier alpha value is -1.47. The number of aryl methyl sites for hydroxylation is 1. The smallest absolute Gasteiger partial charge is 0.226 e. The zero-order valence-electron chi connectivity index (χ0n) is 13.4. The van der Waals surface area contributed by atoms with E-state index in [1.807, 2.05) is 13.8 Å². The highest BCUT2D eigenvalue weighted by atomic mass is 16.5. The summed E-state index contributed by atoms with van der Waals surface area (Å²) in [6.07, 6.45) is 2.93. The van der Waals surface area contributed by atoms with Crippen molar-refractivity contribution in [1.29, 1.82) is 0 Å². The fourth-order valence-corrected chi connectivity index (χ4v) is 2.84. The van der Waals surface area contributed by atoms with Crippen molar-refractivity contribution in [3.05, 3.63) is 11.7 Å². The zero-order chi connectivity index (χ0) is 16.1. The van der Waals surface area contributed by atoms with E-state index >= 15 is 0 Å². The summed E-state index contributed by atoms with van der Waals surface area (Å²) in [6.45, 7) is 4.90. The van der Waals surface area contributed by atoms with Crippen LogP contribution in [0.25, 0.3) is 0 Å². The molecule has 1 aliphatic carbocycles. The molecular formula is C15H26N4O3. The van der Waals surface area contributed by atoms with Gasteiger partial charge in [-0.05, 0) is 32.6 Å². The predicted octanol–water partition coefficient (Wildman–Crippen LogP) is 0.859. The van der Waals surface area contributed by atoms with Crippen molar-refractivity contribution in [2.24, 2.45) is 11.7 Å². The molecular weight excluding hydrogens is 284 g/mol. The Kier molecular flexibility index (Phi) is 5.90. The number of hydrogen-bond donors (Lipinski definition) is 2. The van der Waals surface area contributed by atoms with Crippen molar-refractivity contribution in [2.75, 3.05) is 6.54 Å². The van der Waals surface area contributed by atoms with Crippen LogP contribution in [0.3, 0.4) is 0 Å². The van der Waals surface area contributed by atoms with Gasteiger partial charge >= 0.3 is 0 Å². The molecule has 22 heavy (non-hydrogen) atoms. The average molecular weight is 310 g/mol. The van der Waals surface area contributed by atoms with Crippen molar-refractivity contribution >= 4 is 5.91 Å². The van der Waals surface area contributed by atoms with Crippen LogP contribution in [0.1, 0.15) is 51.2 Å². The predicted molar refractivity (Wildman–Crippen MR) is 80.7 cm³/mol. The summed E-state index contributed by atoms with van der Waals surface area (Å²) >= 11 is 0. The normalized spacial score (nSPS) is 25.2. The van der Waals surface area contributed by atoms with Crippen LogP contribution in [-0.4, -0.2) is 44.7 Å². The van der Waals surface area contributed by atoms with Crippen LogP contribution in [0.2, 0.25) is 0 Å². The molecule has 0 bridgehead atoms. The van der Waals surface area contributed by atoms with Crippen molar-refractivity contribution in [1.82, 2.24) is 15.0 Å². The Morgan fingerprint density at radius 1 is 1.45 bits per heavy atom. The van der Waals surface area contributed by atoms with Gasteiger partial charge in [0, 0.05) is 24.9 Å². The minimum absolute atomic E-state index is 0.0373. The van der Waals surface area contributed by atoms with Gasteiger partial charge in [-0.2, -0.15) is 4.98 Å². The lowest BCUT2D eigenvalue weighted by Gasteiger charge is -2.33. The van der Waals surface area contributed by atoms with Crippen molar-refractivity contribution in [3.63, 3.8) is 0 Å². The van der Waals surface area contributed by atoms with E-state index in [1.54, 1.807) is 4.90 Å². The molecule has 0 saturated heterocycles. The highest BCUT2D eigenvalue weighted by Crippen LogP contribution is 2.26. The maximum Gasteiger partial charge on any atom is 0.226 e. The van der Waals surface area contributed by atoms with Crippen molar-refractivity contribution in [3.8, 4) is 0 Å². The number of nitrogens with zero attached hydrogens (tertiary/aromatic N) is 3. The highest BCUT2D eigenvalue weighted by Gasteiger charge is 2.33. The summed E-state index contributed by atoms with van der Waals surface area (Å²) in [5, 5.41) is 13.8.